The highest BCUT2D eigenvalue weighted by Crippen LogP contribution is 2.34. The van der Waals surface area contributed by atoms with Crippen molar-refractivity contribution in [2.24, 2.45) is 0 Å². The average Bonchev–Trinajstić information content (AvgIpc) is 3.35. The van der Waals surface area contributed by atoms with Gasteiger partial charge in [-0.2, -0.15) is 0 Å². The number of hydrogen-bond acceptors (Lipinski definition) is 3. The number of ether oxygens (including phenoxy) is 1. The molecule has 0 saturated carbocycles. The van der Waals surface area contributed by atoms with Gasteiger partial charge in [-0.15, -0.1) is 0 Å². The Morgan fingerprint density at radius 3 is 2.59 bits per heavy atom. The van der Waals surface area contributed by atoms with Gasteiger partial charge in [-0.1, -0.05) is 48.0 Å². The predicted molar refractivity (Wildman–Crippen MR) is 127 cm³/mol. The Morgan fingerprint density at radius 2 is 1.78 bits per heavy atom. The van der Waals surface area contributed by atoms with Gasteiger partial charge in [0.05, 0.1) is 17.6 Å². The van der Waals surface area contributed by atoms with Crippen LogP contribution in [0.15, 0.2) is 72.8 Å². The summed E-state index contributed by atoms with van der Waals surface area (Å²) in [6.45, 7) is 6.01. The van der Waals surface area contributed by atoms with Crippen LogP contribution in [0.1, 0.15) is 29.3 Å². The van der Waals surface area contributed by atoms with Crippen LogP contribution >= 0.6 is 0 Å². The van der Waals surface area contributed by atoms with Crippen molar-refractivity contribution in [2.45, 2.75) is 32.7 Å². The number of nitrogens with zero attached hydrogens (tertiary/aromatic N) is 3. The normalized spacial score (nSPS) is 16.1. The molecule has 162 valence electrons. The van der Waals surface area contributed by atoms with Gasteiger partial charge in [0.1, 0.15) is 18.2 Å². The molecule has 1 aliphatic rings. The molecule has 5 rings (SSSR count). The number of aromatic nitrogens is 2. The second kappa shape index (κ2) is 8.50. The molecule has 5 heteroatoms. The maximum absolute atomic E-state index is 13.0. The highest BCUT2D eigenvalue weighted by molar-refractivity contribution is 5.97. The maximum Gasteiger partial charge on any atom is 0.227 e. The Bertz CT molecular complexity index is 1260. The van der Waals surface area contributed by atoms with Crippen molar-refractivity contribution < 1.29 is 9.53 Å². The highest BCUT2D eigenvalue weighted by atomic mass is 16.5. The van der Waals surface area contributed by atoms with Gasteiger partial charge in [0.2, 0.25) is 5.91 Å². The van der Waals surface area contributed by atoms with Crippen molar-refractivity contribution >= 4 is 22.6 Å². The van der Waals surface area contributed by atoms with Crippen LogP contribution in [0.4, 0.5) is 5.69 Å². The summed E-state index contributed by atoms with van der Waals surface area (Å²) in [5, 5.41) is 0. The van der Waals surface area contributed by atoms with E-state index in [1.165, 1.54) is 5.56 Å². The zero-order chi connectivity index (χ0) is 22.1. The maximum atomic E-state index is 13.0. The van der Waals surface area contributed by atoms with Crippen LogP contribution in [0, 0.1) is 13.8 Å². The number of carbonyl (C=O) groups excluding carboxylic acids is 1. The largest absolute Gasteiger partial charge is 0.492 e. The average molecular weight is 426 g/mol. The van der Waals surface area contributed by atoms with E-state index in [-0.39, 0.29) is 11.8 Å². The Hall–Kier alpha value is -3.60. The van der Waals surface area contributed by atoms with Gasteiger partial charge < -0.3 is 14.2 Å². The fourth-order valence-corrected chi connectivity index (χ4v) is 4.63. The summed E-state index contributed by atoms with van der Waals surface area (Å²) in [5.74, 6) is 2.02. The van der Waals surface area contributed by atoms with Crippen molar-refractivity contribution in [3.05, 3.63) is 89.7 Å². The van der Waals surface area contributed by atoms with Gasteiger partial charge in [0, 0.05) is 24.6 Å². The monoisotopic (exact) mass is 425 g/mol. The number of hydrogen-bond donors (Lipinski definition) is 0. The van der Waals surface area contributed by atoms with Crippen LogP contribution in [0.2, 0.25) is 0 Å². The van der Waals surface area contributed by atoms with E-state index < -0.39 is 0 Å². The molecule has 1 atom stereocenters. The standard InChI is InChI=1S/C27H27N3O2/c1-19-12-13-24(20(2)16-19)30-18-21(17-26(30)31)27-28-23-10-6-7-11-25(23)29(27)14-15-32-22-8-4-3-5-9-22/h3-13,16,21H,14-15,17-18H2,1-2H3/t21-/m0/s1. The molecule has 0 bridgehead atoms. The molecule has 1 amide bonds. The summed E-state index contributed by atoms with van der Waals surface area (Å²) >= 11 is 0. The summed E-state index contributed by atoms with van der Waals surface area (Å²) < 4.78 is 8.18. The third-order valence-corrected chi connectivity index (χ3v) is 6.14. The Morgan fingerprint density at radius 1 is 1.00 bits per heavy atom. The van der Waals surface area contributed by atoms with E-state index >= 15 is 0 Å². The lowest BCUT2D eigenvalue weighted by Gasteiger charge is -2.20. The molecule has 0 N–H and O–H groups in total. The van der Waals surface area contributed by atoms with E-state index in [0.717, 1.165) is 33.9 Å². The van der Waals surface area contributed by atoms with Crippen LogP contribution < -0.4 is 9.64 Å². The molecule has 1 fully saturated rings. The summed E-state index contributed by atoms with van der Waals surface area (Å²) in [7, 11) is 0. The topological polar surface area (TPSA) is 47.4 Å². The van der Waals surface area contributed by atoms with Gasteiger partial charge in [0.15, 0.2) is 0 Å². The number of rotatable bonds is 6. The molecule has 0 aliphatic carbocycles. The smallest absolute Gasteiger partial charge is 0.227 e. The lowest BCUT2D eigenvalue weighted by molar-refractivity contribution is -0.117. The summed E-state index contributed by atoms with van der Waals surface area (Å²) in [6, 6.07) is 24.3. The van der Waals surface area contributed by atoms with Crippen molar-refractivity contribution in [1.29, 1.82) is 0 Å². The molecule has 0 radical (unpaired) electrons. The van der Waals surface area contributed by atoms with E-state index in [0.29, 0.717) is 26.1 Å². The molecule has 1 saturated heterocycles. The molecular weight excluding hydrogens is 398 g/mol. The fourth-order valence-electron chi connectivity index (χ4n) is 4.63. The first-order valence-corrected chi connectivity index (χ1v) is 11.1. The summed E-state index contributed by atoms with van der Waals surface area (Å²) in [4.78, 5) is 19.9. The highest BCUT2D eigenvalue weighted by Gasteiger charge is 2.35. The third-order valence-electron chi connectivity index (χ3n) is 6.14. The lowest BCUT2D eigenvalue weighted by atomic mass is 10.1. The Kier molecular flexibility index (Phi) is 5.39. The number of para-hydroxylation sites is 3. The number of benzene rings is 3. The van der Waals surface area contributed by atoms with Crippen molar-refractivity contribution in [1.82, 2.24) is 9.55 Å². The molecule has 1 aromatic heterocycles. The second-order valence-electron chi connectivity index (χ2n) is 8.47. The van der Waals surface area contributed by atoms with E-state index in [2.05, 4.69) is 42.7 Å². The molecule has 0 unspecified atom stereocenters. The van der Waals surface area contributed by atoms with Gasteiger partial charge >= 0.3 is 0 Å². The molecular formula is C27H27N3O2. The predicted octanol–water partition coefficient (Wildman–Crippen LogP) is 5.25. The first-order valence-electron chi connectivity index (χ1n) is 11.1. The van der Waals surface area contributed by atoms with Gasteiger partial charge in [-0.3, -0.25) is 4.79 Å². The van der Waals surface area contributed by atoms with Crippen LogP contribution in [0.5, 0.6) is 5.75 Å². The first kappa shape index (κ1) is 20.3. The van der Waals surface area contributed by atoms with Crippen molar-refractivity contribution in [3.8, 4) is 5.75 Å². The number of amides is 1. The Balaban J connectivity index is 1.42. The van der Waals surface area contributed by atoms with Crippen LogP contribution in [0.3, 0.4) is 0 Å². The zero-order valence-electron chi connectivity index (χ0n) is 18.5. The van der Waals surface area contributed by atoms with Crippen molar-refractivity contribution in [2.75, 3.05) is 18.1 Å². The van der Waals surface area contributed by atoms with Crippen LogP contribution in [-0.4, -0.2) is 28.6 Å². The number of carbonyl (C=O) groups is 1. The number of fused-ring (bicyclic) bond motifs is 1. The molecule has 5 nitrogen and oxygen atoms in total. The Labute approximate surface area is 188 Å². The number of imidazole rings is 1. The van der Waals surface area contributed by atoms with E-state index in [4.69, 9.17) is 9.72 Å². The van der Waals surface area contributed by atoms with Crippen LogP contribution in [-0.2, 0) is 11.3 Å². The fraction of sp³-hybridized carbons (Fsp3) is 0.259. The second-order valence-corrected chi connectivity index (χ2v) is 8.47. The van der Waals surface area contributed by atoms with Gasteiger partial charge in [0.25, 0.3) is 0 Å². The molecule has 2 heterocycles. The first-order chi connectivity index (χ1) is 15.6. The lowest BCUT2D eigenvalue weighted by Crippen LogP contribution is -2.25. The van der Waals surface area contributed by atoms with E-state index in [1.807, 2.05) is 53.4 Å². The molecule has 0 spiro atoms. The van der Waals surface area contributed by atoms with E-state index in [1.54, 1.807) is 0 Å². The summed E-state index contributed by atoms with van der Waals surface area (Å²) in [6.07, 6.45) is 0.468. The minimum Gasteiger partial charge on any atom is -0.492 e. The van der Waals surface area contributed by atoms with E-state index in [9.17, 15) is 4.79 Å². The third kappa shape index (κ3) is 3.86. The quantitative estimate of drug-likeness (QED) is 0.424. The minimum absolute atomic E-state index is 0.0485. The zero-order valence-corrected chi connectivity index (χ0v) is 18.5. The van der Waals surface area contributed by atoms with Crippen LogP contribution in [0.25, 0.3) is 11.0 Å². The van der Waals surface area contributed by atoms with Gasteiger partial charge in [-0.25, -0.2) is 4.98 Å². The number of anilines is 1. The SMILES string of the molecule is Cc1ccc(N2C[C@@H](c3nc4ccccc4n3CCOc3ccccc3)CC2=O)c(C)c1. The molecule has 32 heavy (non-hydrogen) atoms. The number of aryl methyl sites for hydroxylation is 2. The molecule has 1 aliphatic heterocycles. The molecule has 4 aromatic rings. The molecule has 3 aromatic carbocycles. The minimum atomic E-state index is 0.0485. The summed E-state index contributed by atoms with van der Waals surface area (Å²) in [5.41, 5.74) is 5.37. The van der Waals surface area contributed by atoms with Gasteiger partial charge in [-0.05, 0) is 49.7 Å². The van der Waals surface area contributed by atoms with Crippen molar-refractivity contribution in [3.63, 3.8) is 0 Å².